The third-order valence-corrected chi connectivity index (χ3v) is 3.87. The van der Waals surface area contributed by atoms with Crippen molar-refractivity contribution in [1.29, 1.82) is 0 Å². The van der Waals surface area contributed by atoms with E-state index in [1.807, 2.05) is 30.5 Å². The number of carbonyl (C=O) groups is 1. The van der Waals surface area contributed by atoms with Crippen molar-refractivity contribution in [3.63, 3.8) is 0 Å². The van der Waals surface area contributed by atoms with E-state index in [0.29, 0.717) is 0 Å². The summed E-state index contributed by atoms with van der Waals surface area (Å²) in [6, 6.07) is 8.06. The molecule has 0 amide bonds. The van der Waals surface area contributed by atoms with E-state index in [4.69, 9.17) is 14.3 Å². The molecule has 0 saturated carbocycles. The maximum atomic E-state index is 10.6. The zero-order valence-electron chi connectivity index (χ0n) is 12.4. The molecular formula is C15H13F3N2O3S. The first-order valence-electron chi connectivity index (χ1n) is 6.71. The molecule has 128 valence electrons. The second kappa shape index (κ2) is 7.35. The molecule has 0 spiro atoms. The molecule has 24 heavy (non-hydrogen) atoms. The van der Waals surface area contributed by atoms with Crippen LogP contribution in [0.15, 0.2) is 46.5 Å². The van der Waals surface area contributed by atoms with E-state index >= 15 is 0 Å². The molecular weight excluding hydrogens is 345 g/mol. The van der Waals surface area contributed by atoms with Gasteiger partial charge in [-0.25, -0.2) is 4.79 Å². The quantitative estimate of drug-likeness (QED) is 0.710. The molecule has 3 rings (SSSR count). The minimum Gasteiger partial charge on any atom is -0.475 e. The Morgan fingerprint density at radius 2 is 2.08 bits per heavy atom. The molecule has 3 aromatic rings. The Kier molecular flexibility index (Phi) is 5.45. The standard InChI is InChI=1S/C13H12N2OS.C2HF3O2/c1-9(12-3-2-7-16-12)15-11-4-6-14-10-5-8-17-13(10)11;3-2(4,5)1(6)7/h2-9H,1H3,(H,14,15);(H,6,7). The summed E-state index contributed by atoms with van der Waals surface area (Å²) in [6.07, 6.45) is -1.56. The van der Waals surface area contributed by atoms with Crippen LogP contribution in [0.25, 0.3) is 10.2 Å². The lowest BCUT2D eigenvalue weighted by atomic mass is 10.2. The fourth-order valence-electron chi connectivity index (χ4n) is 1.83. The second-order valence-electron chi connectivity index (χ2n) is 4.68. The van der Waals surface area contributed by atoms with Gasteiger partial charge in [0.1, 0.15) is 5.76 Å². The number of nitrogens with zero attached hydrogens (tertiary/aromatic N) is 1. The van der Waals surface area contributed by atoms with Crippen LogP contribution < -0.4 is 5.32 Å². The molecule has 1 unspecified atom stereocenters. The van der Waals surface area contributed by atoms with Crippen molar-refractivity contribution in [3.8, 4) is 0 Å². The number of carboxylic acid groups (broad SMARTS) is 1. The molecule has 2 N–H and O–H groups in total. The van der Waals surface area contributed by atoms with Crippen molar-refractivity contribution >= 4 is 33.2 Å². The molecule has 3 aromatic heterocycles. The molecule has 3 heterocycles. The van der Waals surface area contributed by atoms with Crippen LogP contribution in [-0.2, 0) is 4.79 Å². The summed E-state index contributed by atoms with van der Waals surface area (Å²) in [5.74, 6) is -1.82. The summed E-state index contributed by atoms with van der Waals surface area (Å²) in [7, 11) is 0. The Labute approximate surface area is 138 Å². The lowest BCUT2D eigenvalue weighted by Gasteiger charge is -2.13. The first-order chi connectivity index (χ1) is 11.3. The maximum Gasteiger partial charge on any atom is 0.490 e. The summed E-state index contributed by atoms with van der Waals surface area (Å²) in [4.78, 5) is 13.2. The molecule has 9 heteroatoms. The van der Waals surface area contributed by atoms with Crippen molar-refractivity contribution < 1.29 is 27.5 Å². The predicted octanol–water partition coefficient (Wildman–Crippen LogP) is 4.70. The molecule has 0 saturated heterocycles. The highest BCUT2D eigenvalue weighted by molar-refractivity contribution is 7.17. The number of thiophene rings is 1. The lowest BCUT2D eigenvalue weighted by molar-refractivity contribution is -0.192. The smallest absolute Gasteiger partial charge is 0.475 e. The number of pyridine rings is 1. The van der Waals surface area contributed by atoms with Gasteiger partial charge in [-0.3, -0.25) is 4.98 Å². The number of alkyl halides is 3. The van der Waals surface area contributed by atoms with Crippen LogP contribution in [0.1, 0.15) is 18.7 Å². The number of hydrogen-bond acceptors (Lipinski definition) is 5. The third-order valence-electron chi connectivity index (χ3n) is 2.93. The fourth-order valence-corrected chi connectivity index (χ4v) is 2.66. The number of hydrogen-bond donors (Lipinski definition) is 2. The summed E-state index contributed by atoms with van der Waals surface area (Å²) < 4.78 is 38.3. The van der Waals surface area contributed by atoms with Gasteiger partial charge < -0.3 is 14.8 Å². The molecule has 0 fully saturated rings. The van der Waals surface area contributed by atoms with Crippen LogP contribution in [-0.4, -0.2) is 22.2 Å². The molecule has 0 aliphatic heterocycles. The van der Waals surface area contributed by atoms with Crippen LogP contribution >= 0.6 is 11.3 Å². The molecule has 0 aromatic carbocycles. The van der Waals surface area contributed by atoms with Gasteiger partial charge in [-0.15, -0.1) is 11.3 Å². The largest absolute Gasteiger partial charge is 0.490 e. The van der Waals surface area contributed by atoms with E-state index in [-0.39, 0.29) is 6.04 Å². The number of fused-ring (bicyclic) bond motifs is 1. The number of carboxylic acids is 1. The normalized spacial score (nSPS) is 12.3. The molecule has 0 aliphatic rings. The van der Waals surface area contributed by atoms with Crippen LogP contribution in [0, 0.1) is 0 Å². The number of rotatable bonds is 3. The van der Waals surface area contributed by atoms with E-state index in [9.17, 15) is 13.2 Å². The average molecular weight is 358 g/mol. The molecule has 0 bridgehead atoms. The molecule has 0 aliphatic carbocycles. The van der Waals surface area contributed by atoms with Crippen LogP contribution in [0.3, 0.4) is 0 Å². The second-order valence-corrected chi connectivity index (χ2v) is 5.59. The van der Waals surface area contributed by atoms with Crippen molar-refractivity contribution in [2.45, 2.75) is 19.1 Å². The topological polar surface area (TPSA) is 75.4 Å². The highest BCUT2D eigenvalue weighted by Gasteiger charge is 2.38. The Bertz CT molecular complexity index is 800. The minimum absolute atomic E-state index is 0.151. The first kappa shape index (κ1) is 17.8. The number of nitrogens with one attached hydrogen (secondary N) is 1. The van der Waals surface area contributed by atoms with Crippen LogP contribution in [0.4, 0.5) is 18.9 Å². The predicted molar refractivity (Wildman–Crippen MR) is 84.1 cm³/mol. The minimum atomic E-state index is -5.08. The lowest BCUT2D eigenvalue weighted by Crippen LogP contribution is -2.21. The Balaban J connectivity index is 0.000000256. The third kappa shape index (κ3) is 4.48. The van der Waals surface area contributed by atoms with Crippen LogP contribution in [0.5, 0.6) is 0 Å². The van der Waals surface area contributed by atoms with Gasteiger partial charge in [-0.2, -0.15) is 13.2 Å². The molecule has 0 radical (unpaired) electrons. The van der Waals surface area contributed by atoms with Crippen molar-refractivity contribution in [2.75, 3.05) is 5.32 Å². The fraction of sp³-hybridized carbons (Fsp3) is 0.200. The summed E-state index contributed by atoms with van der Waals surface area (Å²) in [6.45, 7) is 2.08. The number of aromatic nitrogens is 1. The first-order valence-corrected chi connectivity index (χ1v) is 7.59. The van der Waals surface area contributed by atoms with E-state index in [1.165, 1.54) is 4.70 Å². The Morgan fingerprint density at radius 3 is 2.67 bits per heavy atom. The zero-order chi connectivity index (χ0) is 17.7. The number of furan rings is 1. The van der Waals surface area contributed by atoms with E-state index in [1.54, 1.807) is 17.6 Å². The monoisotopic (exact) mass is 358 g/mol. The number of anilines is 1. The summed E-state index contributed by atoms with van der Waals surface area (Å²) in [5, 5.41) is 12.6. The zero-order valence-corrected chi connectivity index (χ0v) is 13.2. The van der Waals surface area contributed by atoms with Crippen molar-refractivity contribution in [2.24, 2.45) is 0 Å². The van der Waals surface area contributed by atoms with Gasteiger partial charge in [0.2, 0.25) is 0 Å². The average Bonchev–Trinajstić information content (AvgIpc) is 3.19. The maximum absolute atomic E-state index is 10.6. The van der Waals surface area contributed by atoms with E-state index in [0.717, 1.165) is 17.0 Å². The van der Waals surface area contributed by atoms with Crippen molar-refractivity contribution in [3.05, 3.63) is 47.9 Å². The Morgan fingerprint density at radius 1 is 1.38 bits per heavy atom. The van der Waals surface area contributed by atoms with Crippen molar-refractivity contribution in [1.82, 2.24) is 4.98 Å². The van der Waals surface area contributed by atoms with Gasteiger partial charge in [-0.05, 0) is 36.6 Å². The van der Waals surface area contributed by atoms with Gasteiger partial charge in [-0.1, -0.05) is 0 Å². The Hall–Kier alpha value is -2.55. The van der Waals surface area contributed by atoms with Gasteiger partial charge in [0, 0.05) is 6.20 Å². The highest BCUT2D eigenvalue weighted by atomic mass is 32.1. The highest BCUT2D eigenvalue weighted by Crippen LogP contribution is 2.29. The SMILES string of the molecule is CC(Nc1ccnc2ccsc12)c1ccco1.O=C(O)C(F)(F)F. The van der Waals surface area contributed by atoms with E-state index < -0.39 is 12.1 Å². The van der Waals surface area contributed by atoms with Gasteiger partial charge in [0.15, 0.2) is 0 Å². The van der Waals surface area contributed by atoms with Crippen LogP contribution in [0.2, 0.25) is 0 Å². The van der Waals surface area contributed by atoms with Gasteiger partial charge in [0.05, 0.1) is 28.2 Å². The summed E-state index contributed by atoms with van der Waals surface area (Å²) in [5.41, 5.74) is 2.14. The van der Waals surface area contributed by atoms with Gasteiger partial charge in [0.25, 0.3) is 0 Å². The van der Waals surface area contributed by atoms with E-state index in [2.05, 4.69) is 22.6 Å². The van der Waals surface area contributed by atoms with Gasteiger partial charge >= 0.3 is 12.1 Å². The number of aliphatic carboxylic acids is 1. The molecule has 5 nitrogen and oxygen atoms in total. The summed E-state index contributed by atoms with van der Waals surface area (Å²) >= 11 is 1.70. The molecule has 1 atom stereocenters. The number of halogens is 3.